The van der Waals surface area contributed by atoms with Gasteiger partial charge in [-0.3, -0.25) is 4.79 Å². The number of hydrogen-bond acceptors (Lipinski definition) is 5. The number of aromatic nitrogens is 2. The Morgan fingerprint density at radius 3 is 2.79 bits per heavy atom. The molecule has 0 bridgehead atoms. The fourth-order valence-electron chi connectivity index (χ4n) is 2.03. The van der Waals surface area contributed by atoms with Crippen LogP contribution in [0.5, 0.6) is 5.75 Å². The van der Waals surface area contributed by atoms with Crippen LogP contribution in [-0.2, 0) is 0 Å². The number of benzene rings is 1. The van der Waals surface area contributed by atoms with Crippen LogP contribution in [0.15, 0.2) is 30.6 Å². The van der Waals surface area contributed by atoms with Crippen molar-refractivity contribution in [3.8, 4) is 5.75 Å². The van der Waals surface area contributed by atoms with E-state index in [2.05, 4.69) is 34.4 Å². The van der Waals surface area contributed by atoms with Gasteiger partial charge in [0.15, 0.2) is 0 Å². The highest BCUT2D eigenvalue weighted by Gasteiger charge is 2.12. The monoisotopic (exact) mass is 348 g/mol. The van der Waals surface area contributed by atoms with Crippen LogP contribution in [0.25, 0.3) is 0 Å². The summed E-state index contributed by atoms with van der Waals surface area (Å²) in [6.07, 6.45) is 2.38. The van der Waals surface area contributed by atoms with Crippen molar-refractivity contribution in [1.29, 1.82) is 0 Å². The molecule has 0 unspecified atom stereocenters. The van der Waals surface area contributed by atoms with Gasteiger partial charge < -0.3 is 15.4 Å². The van der Waals surface area contributed by atoms with Crippen LogP contribution < -0.4 is 15.4 Å². The number of anilines is 2. The van der Waals surface area contributed by atoms with Gasteiger partial charge in [-0.05, 0) is 30.5 Å². The molecular formula is C17H21ClN4O2. The lowest BCUT2D eigenvalue weighted by atomic mass is 10.1. The van der Waals surface area contributed by atoms with E-state index in [9.17, 15) is 4.79 Å². The third kappa shape index (κ3) is 5.09. The minimum Gasteiger partial charge on any atom is -0.495 e. The Hall–Kier alpha value is -2.34. The zero-order chi connectivity index (χ0) is 17.5. The van der Waals surface area contributed by atoms with Gasteiger partial charge in [-0.2, -0.15) is 0 Å². The Morgan fingerprint density at radius 2 is 2.08 bits per heavy atom. The van der Waals surface area contributed by atoms with Gasteiger partial charge in [0.25, 0.3) is 5.91 Å². The zero-order valence-corrected chi connectivity index (χ0v) is 14.7. The third-order valence-electron chi connectivity index (χ3n) is 3.34. The molecule has 0 atom stereocenters. The molecule has 0 saturated carbocycles. The second-order valence-corrected chi connectivity index (χ2v) is 6.13. The van der Waals surface area contributed by atoms with Gasteiger partial charge in [0.2, 0.25) is 0 Å². The van der Waals surface area contributed by atoms with Crippen molar-refractivity contribution in [1.82, 2.24) is 9.97 Å². The van der Waals surface area contributed by atoms with Crippen molar-refractivity contribution in [2.75, 3.05) is 24.3 Å². The Morgan fingerprint density at radius 1 is 1.29 bits per heavy atom. The summed E-state index contributed by atoms with van der Waals surface area (Å²) < 4.78 is 5.22. The number of nitrogens with zero attached hydrogens (tertiary/aromatic N) is 2. The lowest BCUT2D eigenvalue weighted by Gasteiger charge is -2.11. The summed E-state index contributed by atoms with van der Waals surface area (Å²) in [6, 6.07) is 6.63. The van der Waals surface area contributed by atoms with E-state index < -0.39 is 0 Å². The number of amides is 1. The Labute approximate surface area is 146 Å². The molecule has 2 aromatic rings. The maximum absolute atomic E-state index is 12.4. The molecule has 1 aromatic heterocycles. The van der Waals surface area contributed by atoms with E-state index in [0.29, 0.717) is 28.2 Å². The molecule has 6 nitrogen and oxygen atoms in total. The molecule has 2 rings (SSSR count). The molecular weight excluding hydrogens is 328 g/mol. The molecule has 0 aliphatic carbocycles. The van der Waals surface area contributed by atoms with Gasteiger partial charge in [-0.1, -0.05) is 25.4 Å². The number of nitrogens with one attached hydrogen (secondary N) is 2. The van der Waals surface area contributed by atoms with Crippen molar-refractivity contribution in [2.24, 2.45) is 5.92 Å². The molecule has 0 fully saturated rings. The molecule has 1 heterocycles. The summed E-state index contributed by atoms with van der Waals surface area (Å²) >= 11 is 5.97. The first-order chi connectivity index (χ1) is 11.5. The van der Waals surface area contributed by atoms with Gasteiger partial charge in [0.05, 0.1) is 12.8 Å². The number of halogens is 1. The first kappa shape index (κ1) is 18.0. The second kappa shape index (κ2) is 8.49. The van der Waals surface area contributed by atoms with Crippen LogP contribution in [0.1, 0.15) is 30.8 Å². The van der Waals surface area contributed by atoms with E-state index >= 15 is 0 Å². The van der Waals surface area contributed by atoms with Crippen LogP contribution in [0.3, 0.4) is 0 Å². The normalized spacial score (nSPS) is 10.5. The van der Waals surface area contributed by atoms with Gasteiger partial charge >= 0.3 is 0 Å². The fraction of sp³-hybridized carbons (Fsp3) is 0.353. The SMILES string of the molecule is COc1ccc(Cl)cc1NC(=O)c1cc(NCCC(C)C)ncn1. The van der Waals surface area contributed by atoms with Crippen molar-refractivity contribution < 1.29 is 9.53 Å². The molecule has 0 spiro atoms. The van der Waals surface area contributed by atoms with E-state index in [1.165, 1.54) is 13.4 Å². The summed E-state index contributed by atoms with van der Waals surface area (Å²) in [7, 11) is 1.53. The predicted molar refractivity (Wildman–Crippen MR) is 95.9 cm³/mol. The maximum Gasteiger partial charge on any atom is 0.274 e. The van der Waals surface area contributed by atoms with Crippen molar-refractivity contribution >= 4 is 29.0 Å². The standard InChI is InChI=1S/C17H21ClN4O2/c1-11(2)6-7-19-16-9-14(20-10-21-16)17(23)22-13-8-12(18)4-5-15(13)24-3/h4-5,8-11H,6-7H2,1-3H3,(H,22,23)(H,19,20,21). The number of rotatable bonds is 7. The van der Waals surface area contributed by atoms with Crippen LogP contribution in [-0.4, -0.2) is 29.5 Å². The van der Waals surface area contributed by atoms with E-state index in [4.69, 9.17) is 16.3 Å². The topological polar surface area (TPSA) is 76.1 Å². The first-order valence-corrected chi connectivity index (χ1v) is 8.08. The van der Waals surface area contributed by atoms with Gasteiger partial charge in [-0.25, -0.2) is 9.97 Å². The first-order valence-electron chi connectivity index (χ1n) is 7.70. The zero-order valence-electron chi connectivity index (χ0n) is 14.0. The van der Waals surface area contributed by atoms with Crippen molar-refractivity contribution in [3.63, 3.8) is 0 Å². The molecule has 7 heteroatoms. The molecule has 0 saturated heterocycles. The Kier molecular flexibility index (Phi) is 6.37. The van der Waals surface area contributed by atoms with Gasteiger partial charge in [0.1, 0.15) is 23.6 Å². The molecule has 24 heavy (non-hydrogen) atoms. The summed E-state index contributed by atoms with van der Waals surface area (Å²) in [5.74, 6) is 1.38. The summed E-state index contributed by atoms with van der Waals surface area (Å²) in [5, 5.41) is 6.45. The van der Waals surface area contributed by atoms with Crippen molar-refractivity contribution in [2.45, 2.75) is 20.3 Å². The maximum atomic E-state index is 12.4. The molecule has 0 radical (unpaired) electrons. The van der Waals surface area contributed by atoms with Crippen LogP contribution in [0.2, 0.25) is 5.02 Å². The van der Waals surface area contributed by atoms with E-state index in [-0.39, 0.29) is 11.6 Å². The predicted octanol–water partition coefficient (Wildman–Crippen LogP) is 3.85. The minimum absolute atomic E-state index is 0.263. The molecule has 1 aromatic carbocycles. The van der Waals surface area contributed by atoms with Crippen molar-refractivity contribution in [3.05, 3.63) is 41.3 Å². The summed E-state index contributed by atoms with van der Waals surface area (Å²) in [4.78, 5) is 20.5. The lowest BCUT2D eigenvalue weighted by Crippen LogP contribution is -2.15. The second-order valence-electron chi connectivity index (χ2n) is 5.70. The number of carbonyl (C=O) groups is 1. The van der Waals surface area contributed by atoms with Gasteiger partial charge in [-0.15, -0.1) is 0 Å². The highest BCUT2D eigenvalue weighted by Crippen LogP contribution is 2.28. The van der Waals surface area contributed by atoms with Crippen LogP contribution in [0, 0.1) is 5.92 Å². The smallest absolute Gasteiger partial charge is 0.274 e. The average Bonchev–Trinajstić information content (AvgIpc) is 2.55. The largest absolute Gasteiger partial charge is 0.495 e. The lowest BCUT2D eigenvalue weighted by molar-refractivity contribution is 0.102. The summed E-state index contributed by atoms with van der Waals surface area (Å²) in [6.45, 7) is 5.09. The molecule has 2 N–H and O–H groups in total. The minimum atomic E-state index is -0.357. The van der Waals surface area contributed by atoms with E-state index in [1.54, 1.807) is 24.3 Å². The van der Waals surface area contributed by atoms with E-state index in [1.807, 2.05) is 0 Å². The van der Waals surface area contributed by atoms with Crippen LogP contribution in [0.4, 0.5) is 11.5 Å². The third-order valence-corrected chi connectivity index (χ3v) is 3.57. The fourth-order valence-corrected chi connectivity index (χ4v) is 2.20. The Balaban J connectivity index is 2.08. The number of ether oxygens (including phenoxy) is 1. The number of hydrogen-bond donors (Lipinski definition) is 2. The highest BCUT2D eigenvalue weighted by atomic mass is 35.5. The number of carbonyl (C=O) groups excluding carboxylic acids is 1. The average molecular weight is 349 g/mol. The molecule has 128 valence electrons. The van der Waals surface area contributed by atoms with Gasteiger partial charge in [0, 0.05) is 17.6 Å². The molecule has 0 aliphatic rings. The number of methoxy groups -OCH3 is 1. The summed E-state index contributed by atoms with van der Waals surface area (Å²) in [5.41, 5.74) is 0.752. The molecule has 0 aliphatic heterocycles. The Bertz CT molecular complexity index is 707. The quantitative estimate of drug-likeness (QED) is 0.794. The molecule has 1 amide bonds. The van der Waals surface area contributed by atoms with E-state index in [0.717, 1.165) is 13.0 Å². The highest BCUT2D eigenvalue weighted by molar-refractivity contribution is 6.31. The van der Waals surface area contributed by atoms with Crippen LogP contribution >= 0.6 is 11.6 Å².